The number of methoxy groups -OCH3 is 1. The molecular formula is C10H17N3O2. The maximum Gasteiger partial charge on any atom is 0.238 e. The minimum atomic E-state index is -0.402. The molecular weight excluding hydrogens is 194 g/mol. The van der Waals surface area contributed by atoms with Crippen LogP contribution in [0.3, 0.4) is 0 Å². The molecule has 0 aliphatic heterocycles. The molecule has 15 heavy (non-hydrogen) atoms. The van der Waals surface area contributed by atoms with Gasteiger partial charge >= 0.3 is 0 Å². The number of hydrogen-bond acceptors (Lipinski definition) is 5. The molecule has 1 aromatic heterocycles. The summed E-state index contributed by atoms with van der Waals surface area (Å²) < 4.78 is 5.02. The quantitative estimate of drug-likeness (QED) is 0.758. The van der Waals surface area contributed by atoms with Crippen LogP contribution < -0.4 is 15.4 Å². The van der Waals surface area contributed by atoms with Crippen LogP contribution in [0.5, 0.6) is 5.88 Å². The summed E-state index contributed by atoms with van der Waals surface area (Å²) in [5, 5.41) is 9.24. The van der Waals surface area contributed by atoms with Crippen LogP contribution in [0.2, 0.25) is 0 Å². The monoisotopic (exact) mass is 211 g/mol. The summed E-state index contributed by atoms with van der Waals surface area (Å²) >= 11 is 0. The van der Waals surface area contributed by atoms with Gasteiger partial charge in [-0.25, -0.2) is 0 Å². The van der Waals surface area contributed by atoms with Crippen molar-refractivity contribution >= 4 is 11.5 Å². The van der Waals surface area contributed by atoms with Gasteiger partial charge in [-0.2, -0.15) is 4.98 Å². The van der Waals surface area contributed by atoms with Gasteiger partial charge in [0.25, 0.3) is 0 Å². The van der Waals surface area contributed by atoms with E-state index >= 15 is 0 Å². The summed E-state index contributed by atoms with van der Waals surface area (Å²) in [5.41, 5.74) is 6.15. The fourth-order valence-corrected chi connectivity index (χ4v) is 1.31. The number of ether oxygens (including phenoxy) is 1. The molecule has 5 heteroatoms. The number of nitrogen functional groups attached to an aromatic ring is 1. The van der Waals surface area contributed by atoms with E-state index in [1.165, 1.54) is 7.11 Å². The highest BCUT2D eigenvalue weighted by Crippen LogP contribution is 2.21. The number of nitrogens with two attached hydrogens (primary N) is 1. The number of aromatic nitrogens is 1. The van der Waals surface area contributed by atoms with Crippen LogP contribution >= 0.6 is 0 Å². The third kappa shape index (κ3) is 2.99. The molecule has 0 spiro atoms. The van der Waals surface area contributed by atoms with Gasteiger partial charge in [0.2, 0.25) is 5.88 Å². The van der Waals surface area contributed by atoms with Gasteiger partial charge in [0, 0.05) is 13.6 Å². The number of pyridine rings is 1. The van der Waals surface area contributed by atoms with Crippen molar-refractivity contribution in [3.63, 3.8) is 0 Å². The van der Waals surface area contributed by atoms with Gasteiger partial charge in [0.1, 0.15) is 5.82 Å². The normalized spacial score (nSPS) is 12.3. The van der Waals surface area contributed by atoms with Gasteiger partial charge in [0.15, 0.2) is 0 Å². The second kappa shape index (κ2) is 4.84. The topological polar surface area (TPSA) is 71.6 Å². The highest BCUT2D eigenvalue weighted by molar-refractivity contribution is 5.54. The summed E-state index contributed by atoms with van der Waals surface area (Å²) in [6.45, 7) is 2.24. The van der Waals surface area contributed by atoms with Crippen molar-refractivity contribution < 1.29 is 9.84 Å². The number of anilines is 2. The van der Waals surface area contributed by atoms with E-state index in [4.69, 9.17) is 10.5 Å². The third-order valence-electron chi connectivity index (χ3n) is 2.00. The summed E-state index contributed by atoms with van der Waals surface area (Å²) in [7, 11) is 3.38. The molecule has 5 nitrogen and oxygen atoms in total. The molecule has 3 N–H and O–H groups in total. The second-order valence-corrected chi connectivity index (χ2v) is 3.50. The van der Waals surface area contributed by atoms with Gasteiger partial charge in [-0.1, -0.05) is 0 Å². The van der Waals surface area contributed by atoms with Crippen molar-refractivity contribution in [2.75, 3.05) is 31.3 Å². The number of aliphatic hydroxyl groups is 1. The first-order chi connectivity index (χ1) is 7.04. The molecule has 1 rings (SSSR count). The number of nitrogens with zero attached hydrogens (tertiary/aromatic N) is 2. The van der Waals surface area contributed by atoms with Crippen molar-refractivity contribution in [3.05, 3.63) is 12.1 Å². The Hall–Kier alpha value is -1.49. The highest BCUT2D eigenvalue weighted by Gasteiger charge is 2.08. The molecule has 0 aliphatic carbocycles. The van der Waals surface area contributed by atoms with Crippen molar-refractivity contribution in [2.45, 2.75) is 13.0 Å². The Morgan fingerprint density at radius 2 is 2.27 bits per heavy atom. The van der Waals surface area contributed by atoms with E-state index in [0.717, 1.165) is 5.82 Å². The van der Waals surface area contributed by atoms with E-state index in [1.807, 2.05) is 11.9 Å². The molecule has 0 radical (unpaired) electrons. The predicted molar refractivity (Wildman–Crippen MR) is 60.2 cm³/mol. The molecule has 1 unspecified atom stereocenters. The van der Waals surface area contributed by atoms with Gasteiger partial charge in [-0.3, -0.25) is 0 Å². The number of rotatable bonds is 4. The first-order valence-electron chi connectivity index (χ1n) is 4.74. The fourth-order valence-electron chi connectivity index (χ4n) is 1.31. The largest absolute Gasteiger partial charge is 0.479 e. The molecule has 84 valence electrons. The highest BCUT2D eigenvalue weighted by atomic mass is 16.5. The summed E-state index contributed by atoms with van der Waals surface area (Å²) in [5.74, 6) is 1.13. The average Bonchev–Trinajstić information content (AvgIpc) is 2.17. The first-order valence-corrected chi connectivity index (χ1v) is 4.74. The van der Waals surface area contributed by atoms with Crippen LogP contribution in [0, 0.1) is 0 Å². The van der Waals surface area contributed by atoms with E-state index in [2.05, 4.69) is 4.98 Å². The molecule has 0 bridgehead atoms. The Kier molecular flexibility index (Phi) is 3.74. The standard InChI is InChI=1S/C10H17N3O2/c1-7(14)6-13(2)9-5-4-8(11)10(12-9)15-3/h4-5,7,14H,6,11H2,1-3H3. The Morgan fingerprint density at radius 1 is 1.60 bits per heavy atom. The van der Waals surface area contributed by atoms with Crippen LogP contribution in [0.1, 0.15) is 6.92 Å². The Morgan fingerprint density at radius 3 is 2.80 bits per heavy atom. The molecule has 0 amide bonds. The predicted octanol–water partition coefficient (Wildman–Crippen LogP) is 0.489. The zero-order valence-corrected chi connectivity index (χ0v) is 9.27. The SMILES string of the molecule is COc1nc(N(C)CC(C)O)ccc1N. The van der Waals surface area contributed by atoms with Crippen molar-refractivity contribution in [3.8, 4) is 5.88 Å². The minimum absolute atomic E-state index is 0.402. The lowest BCUT2D eigenvalue weighted by atomic mass is 10.3. The first kappa shape index (κ1) is 11.6. The maximum absolute atomic E-state index is 9.24. The Bertz CT molecular complexity index is 328. The van der Waals surface area contributed by atoms with E-state index in [1.54, 1.807) is 19.1 Å². The van der Waals surface area contributed by atoms with Gasteiger partial charge in [-0.15, -0.1) is 0 Å². The lowest BCUT2D eigenvalue weighted by Gasteiger charge is -2.20. The Balaban J connectivity index is 2.85. The van der Waals surface area contributed by atoms with Crippen LogP contribution in [0.25, 0.3) is 0 Å². The molecule has 0 fully saturated rings. The summed E-state index contributed by atoms with van der Waals surface area (Å²) in [6, 6.07) is 3.53. The molecule has 0 saturated carbocycles. The van der Waals surface area contributed by atoms with Crippen molar-refractivity contribution in [1.29, 1.82) is 0 Å². The maximum atomic E-state index is 9.24. The third-order valence-corrected chi connectivity index (χ3v) is 2.00. The summed E-state index contributed by atoms with van der Waals surface area (Å²) in [6.07, 6.45) is -0.402. The fraction of sp³-hybridized carbons (Fsp3) is 0.500. The summed E-state index contributed by atoms with van der Waals surface area (Å²) in [4.78, 5) is 6.05. The number of likely N-dealkylation sites (N-methyl/N-ethyl adjacent to an activating group) is 1. The van der Waals surface area contributed by atoms with Crippen LogP contribution in [-0.2, 0) is 0 Å². The van der Waals surface area contributed by atoms with Gasteiger partial charge in [-0.05, 0) is 19.1 Å². The molecule has 1 atom stereocenters. The number of hydrogen-bond donors (Lipinski definition) is 2. The van der Waals surface area contributed by atoms with Crippen LogP contribution in [-0.4, -0.2) is 36.9 Å². The smallest absolute Gasteiger partial charge is 0.238 e. The van der Waals surface area contributed by atoms with Crippen molar-refractivity contribution in [2.24, 2.45) is 0 Å². The van der Waals surface area contributed by atoms with Gasteiger partial charge in [0.05, 0.1) is 18.9 Å². The van der Waals surface area contributed by atoms with E-state index in [9.17, 15) is 5.11 Å². The molecule has 1 heterocycles. The average molecular weight is 211 g/mol. The van der Waals surface area contributed by atoms with Gasteiger partial charge < -0.3 is 20.5 Å². The van der Waals surface area contributed by atoms with E-state index in [-0.39, 0.29) is 0 Å². The molecule has 1 aromatic rings. The zero-order valence-electron chi connectivity index (χ0n) is 9.27. The lowest BCUT2D eigenvalue weighted by molar-refractivity contribution is 0.201. The van der Waals surface area contributed by atoms with Crippen LogP contribution in [0.4, 0.5) is 11.5 Å². The zero-order chi connectivity index (χ0) is 11.4. The lowest BCUT2D eigenvalue weighted by Crippen LogP contribution is -2.27. The molecule has 0 aromatic carbocycles. The van der Waals surface area contributed by atoms with Crippen LogP contribution in [0.15, 0.2) is 12.1 Å². The second-order valence-electron chi connectivity index (χ2n) is 3.50. The number of aliphatic hydroxyl groups excluding tert-OH is 1. The molecule has 0 aliphatic rings. The van der Waals surface area contributed by atoms with Crippen molar-refractivity contribution in [1.82, 2.24) is 4.98 Å². The minimum Gasteiger partial charge on any atom is -0.479 e. The molecule has 0 saturated heterocycles. The Labute approximate surface area is 89.5 Å². The van der Waals surface area contributed by atoms with E-state index < -0.39 is 6.10 Å². The van der Waals surface area contributed by atoms with E-state index in [0.29, 0.717) is 18.1 Å².